The fourth-order valence-electron chi connectivity index (χ4n) is 3.66. The van der Waals surface area contributed by atoms with E-state index in [0.29, 0.717) is 32.1 Å². The minimum atomic E-state index is -0.869. The first kappa shape index (κ1) is 16.7. The third-order valence-corrected chi connectivity index (χ3v) is 7.02. The van der Waals surface area contributed by atoms with Crippen molar-refractivity contribution in [2.75, 3.05) is 32.1 Å². The Morgan fingerprint density at radius 1 is 1.17 bits per heavy atom. The molecule has 0 aromatic heterocycles. The maximum atomic E-state index is 13.4. The monoisotopic (exact) mass is 335 g/mol. The summed E-state index contributed by atoms with van der Waals surface area (Å²) in [7, 11) is -0.869. The molecule has 1 aromatic carbocycles. The smallest absolute Gasteiger partial charge is 0.233 e. The van der Waals surface area contributed by atoms with Crippen LogP contribution in [-0.2, 0) is 25.7 Å². The van der Waals surface area contributed by atoms with E-state index in [0.717, 1.165) is 18.4 Å². The summed E-state index contributed by atoms with van der Waals surface area (Å²) in [6.45, 7) is 6.36. The maximum absolute atomic E-state index is 13.4. The minimum absolute atomic E-state index is 0.178. The Labute approximate surface area is 140 Å². The van der Waals surface area contributed by atoms with Gasteiger partial charge < -0.3 is 9.64 Å². The number of carbonyl (C=O) groups excluding carboxylic acids is 1. The second-order valence-corrected chi connectivity index (χ2v) is 9.30. The van der Waals surface area contributed by atoms with Gasteiger partial charge in [0.2, 0.25) is 5.91 Å². The molecule has 0 saturated carbocycles. The first-order valence-electron chi connectivity index (χ1n) is 8.27. The van der Waals surface area contributed by atoms with Gasteiger partial charge in [-0.15, -0.1) is 0 Å². The summed E-state index contributed by atoms with van der Waals surface area (Å²) in [5.74, 6) is 0.747. The van der Waals surface area contributed by atoms with Crippen LogP contribution in [0.25, 0.3) is 0 Å². The molecule has 4 nitrogen and oxygen atoms in total. The zero-order chi connectivity index (χ0) is 16.5. The first-order valence-corrected chi connectivity index (χ1v) is 9.59. The van der Waals surface area contributed by atoms with E-state index in [2.05, 4.69) is 12.1 Å². The molecule has 0 spiro atoms. The van der Waals surface area contributed by atoms with Gasteiger partial charge in [-0.25, -0.2) is 0 Å². The molecule has 0 aliphatic carbocycles. The highest BCUT2D eigenvalue weighted by Crippen LogP contribution is 2.38. The Bertz CT molecular complexity index is 594. The van der Waals surface area contributed by atoms with E-state index in [9.17, 15) is 9.00 Å². The Hall–Kier alpha value is -1.20. The van der Waals surface area contributed by atoms with Crippen LogP contribution in [0.1, 0.15) is 32.3 Å². The highest BCUT2D eigenvalue weighted by Gasteiger charge is 2.46. The van der Waals surface area contributed by atoms with Crippen molar-refractivity contribution in [3.8, 4) is 0 Å². The number of carbonyl (C=O) groups is 1. The number of amides is 1. The standard InChI is InChI=1S/C18H25NO3S/c1-17(2)14-19(10-13-23(17)21)16(20)18(8-11-22-12-9-18)15-6-4-3-5-7-15/h3-7H,8-14H2,1-2H3/t23-/m1/s1. The summed E-state index contributed by atoms with van der Waals surface area (Å²) in [6.07, 6.45) is 1.44. The summed E-state index contributed by atoms with van der Waals surface area (Å²) in [5.41, 5.74) is 0.590. The van der Waals surface area contributed by atoms with Gasteiger partial charge in [0.05, 0.1) is 10.2 Å². The molecule has 1 aromatic rings. The molecule has 1 amide bonds. The second kappa shape index (κ2) is 6.36. The number of ether oxygens (including phenoxy) is 1. The van der Waals surface area contributed by atoms with Crippen molar-refractivity contribution >= 4 is 16.7 Å². The second-order valence-electron chi connectivity index (χ2n) is 7.10. The SMILES string of the molecule is CC1(C)CN(C(=O)C2(c3ccccc3)CCOCC2)CC[S@]1=O. The van der Waals surface area contributed by atoms with Crippen LogP contribution in [0.15, 0.2) is 30.3 Å². The normalized spacial score (nSPS) is 26.7. The Balaban J connectivity index is 1.91. The highest BCUT2D eigenvalue weighted by atomic mass is 32.2. The molecule has 0 unspecified atom stereocenters. The fourth-order valence-corrected chi connectivity index (χ4v) is 4.90. The summed E-state index contributed by atoms with van der Waals surface area (Å²) >= 11 is 0. The van der Waals surface area contributed by atoms with Crippen LogP contribution < -0.4 is 0 Å². The zero-order valence-corrected chi connectivity index (χ0v) is 14.7. The molecule has 126 valence electrons. The average Bonchev–Trinajstić information content (AvgIpc) is 2.58. The predicted octanol–water partition coefficient (Wildman–Crippen LogP) is 2.10. The van der Waals surface area contributed by atoms with Crippen LogP contribution >= 0.6 is 0 Å². The molecule has 1 atom stereocenters. The maximum Gasteiger partial charge on any atom is 0.233 e. The fraction of sp³-hybridized carbons (Fsp3) is 0.611. The Morgan fingerprint density at radius 2 is 1.83 bits per heavy atom. The molecule has 3 rings (SSSR count). The van der Waals surface area contributed by atoms with Gasteiger partial charge in [0.15, 0.2) is 0 Å². The third-order valence-electron chi connectivity index (χ3n) is 5.10. The van der Waals surface area contributed by atoms with Crippen molar-refractivity contribution in [3.05, 3.63) is 35.9 Å². The highest BCUT2D eigenvalue weighted by molar-refractivity contribution is 7.86. The first-order chi connectivity index (χ1) is 11.0. The molecule has 2 fully saturated rings. The molecule has 0 N–H and O–H groups in total. The van der Waals surface area contributed by atoms with Crippen LogP contribution in [-0.4, -0.2) is 51.8 Å². The molecule has 0 radical (unpaired) electrons. The van der Waals surface area contributed by atoms with Gasteiger partial charge in [-0.2, -0.15) is 0 Å². The molecule has 2 aliphatic rings. The Kier molecular flexibility index (Phi) is 4.61. The summed E-state index contributed by atoms with van der Waals surface area (Å²) in [4.78, 5) is 15.4. The van der Waals surface area contributed by atoms with Gasteiger partial charge in [0.25, 0.3) is 0 Å². The number of benzene rings is 1. The van der Waals surface area contributed by atoms with Gasteiger partial charge in [0.1, 0.15) is 0 Å². The lowest BCUT2D eigenvalue weighted by Crippen LogP contribution is -2.58. The van der Waals surface area contributed by atoms with E-state index >= 15 is 0 Å². The molecule has 2 saturated heterocycles. The van der Waals surface area contributed by atoms with Crippen molar-refractivity contribution in [1.29, 1.82) is 0 Å². The number of nitrogens with zero attached hydrogens (tertiary/aromatic N) is 1. The molecule has 5 heteroatoms. The van der Waals surface area contributed by atoms with E-state index in [1.807, 2.05) is 36.9 Å². The van der Waals surface area contributed by atoms with Gasteiger partial charge in [-0.05, 0) is 32.3 Å². The number of rotatable bonds is 2. The van der Waals surface area contributed by atoms with Gasteiger partial charge in [-0.3, -0.25) is 9.00 Å². The van der Waals surface area contributed by atoms with Crippen LogP contribution in [0.3, 0.4) is 0 Å². The average molecular weight is 335 g/mol. The van der Waals surface area contributed by atoms with Gasteiger partial charge in [-0.1, -0.05) is 30.3 Å². The molecule has 2 aliphatic heterocycles. The van der Waals surface area contributed by atoms with Crippen molar-refractivity contribution in [1.82, 2.24) is 4.90 Å². The number of hydrogen-bond acceptors (Lipinski definition) is 3. The molecule has 2 heterocycles. The Morgan fingerprint density at radius 3 is 2.43 bits per heavy atom. The van der Waals surface area contributed by atoms with E-state index in [1.165, 1.54) is 0 Å². The summed E-state index contributed by atoms with van der Waals surface area (Å²) in [6, 6.07) is 10.1. The van der Waals surface area contributed by atoms with Crippen LogP contribution in [0.2, 0.25) is 0 Å². The lowest BCUT2D eigenvalue weighted by molar-refractivity contribution is -0.141. The summed E-state index contributed by atoms with van der Waals surface area (Å²) < 4.78 is 17.3. The van der Waals surface area contributed by atoms with Crippen molar-refractivity contribution in [3.63, 3.8) is 0 Å². The van der Waals surface area contributed by atoms with E-state index in [-0.39, 0.29) is 10.7 Å². The van der Waals surface area contributed by atoms with Crippen LogP contribution in [0.4, 0.5) is 0 Å². The summed E-state index contributed by atoms with van der Waals surface area (Å²) in [5, 5.41) is 0. The van der Waals surface area contributed by atoms with E-state index in [1.54, 1.807) is 0 Å². The van der Waals surface area contributed by atoms with E-state index in [4.69, 9.17) is 4.74 Å². The quantitative estimate of drug-likeness (QED) is 0.831. The van der Waals surface area contributed by atoms with Crippen LogP contribution in [0.5, 0.6) is 0 Å². The molecule has 0 bridgehead atoms. The van der Waals surface area contributed by atoms with Crippen LogP contribution in [0, 0.1) is 0 Å². The molecular weight excluding hydrogens is 310 g/mol. The topological polar surface area (TPSA) is 46.6 Å². The number of hydrogen-bond donors (Lipinski definition) is 0. The van der Waals surface area contributed by atoms with Gasteiger partial charge >= 0.3 is 0 Å². The van der Waals surface area contributed by atoms with Crippen molar-refractivity contribution < 1.29 is 13.7 Å². The zero-order valence-electron chi connectivity index (χ0n) is 13.9. The molecule has 23 heavy (non-hydrogen) atoms. The van der Waals surface area contributed by atoms with E-state index < -0.39 is 16.2 Å². The molecular formula is C18H25NO3S. The minimum Gasteiger partial charge on any atom is -0.381 e. The third kappa shape index (κ3) is 3.09. The lowest BCUT2D eigenvalue weighted by Gasteiger charge is -2.44. The van der Waals surface area contributed by atoms with Crippen molar-refractivity contribution in [2.45, 2.75) is 36.9 Å². The van der Waals surface area contributed by atoms with Crippen molar-refractivity contribution in [2.24, 2.45) is 0 Å². The predicted molar refractivity (Wildman–Crippen MR) is 91.8 cm³/mol. The lowest BCUT2D eigenvalue weighted by atomic mass is 9.73. The largest absolute Gasteiger partial charge is 0.381 e. The van der Waals surface area contributed by atoms with Gasteiger partial charge in [0, 0.05) is 42.9 Å².